The normalized spacial score (nSPS) is 21.7. The highest BCUT2D eigenvalue weighted by molar-refractivity contribution is 5.60. The first-order chi connectivity index (χ1) is 15.1. The van der Waals surface area contributed by atoms with Crippen LogP contribution in [-0.2, 0) is 0 Å². The molecule has 1 aromatic carbocycles. The number of aliphatic hydroxyl groups is 2. The fourth-order valence-corrected chi connectivity index (χ4v) is 3.97. The quantitative estimate of drug-likeness (QED) is 0.212. The van der Waals surface area contributed by atoms with Gasteiger partial charge >= 0.3 is 0 Å². The summed E-state index contributed by atoms with van der Waals surface area (Å²) in [7, 11) is 0. The maximum atomic E-state index is 10.9. The molecule has 0 aliphatic carbocycles. The maximum Gasteiger partial charge on any atom is 0.292 e. The van der Waals surface area contributed by atoms with E-state index in [0.717, 1.165) is 77.9 Å². The fourth-order valence-electron chi connectivity index (χ4n) is 3.97. The van der Waals surface area contributed by atoms with Gasteiger partial charge in [0, 0.05) is 51.4 Å². The first kappa shape index (κ1) is 25.5. The number of piperazine rings is 1. The van der Waals surface area contributed by atoms with Crippen molar-refractivity contribution in [3.8, 4) is 0 Å². The summed E-state index contributed by atoms with van der Waals surface area (Å²) in [5.74, 6) is 0. The van der Waals surface area contributed by atoms with E-state index in [2.05, 4.69) is 20.9 Å². The van der Waals surface area contributed by atoms with Gasteiger partial charge in [-0.3, -0.25) is 15.0 Å². The number of rotatable bonds is 10. The van der Waals surface area contributed by atoms with Gasteiger partial charge < -0.3 is 26.2 Å². The second-order valence-electron chi connectivity index (χ2n) is 8.17. The number of anilines is 1. The Morgan fingerprint density at radius 3 is 2.42 bits per heavy atom. The third-order valence-corrected chi connectivity index (χ3v) is 5.77. The molecule has 2 aliphatic rings. The van der Waals surface area contributed by atoms with Gasteiger partial charge in [-0.2, -0.15) is 0 Å². The van der Waals surface area contributed by atoms with Crippen LogP contribution in [0.1, 0.15) is 38.5 Å². The molecule has 0 amide bonds. The van der Waals surface area contributed by atoms with Crippen molar-refractivity contribution in [3.05, 3.63) is 34.4 Å². The highest BCUT2D eigenvalue weighted by Gasteiger charge is 2.26. The molecular formula is C22H39N5O4. The van der Waals surface area contributed by atoms with Gasteiger partial charge in [-0.25, -0.2) is 0 Å². The molecular weight excluding hydrogens is 398 g/mol. The van der Waals surface area contributed by atoms with Crippen molar-refractivity contribution in [2.45, 2.75) is 50.7 Å². The predicted octanol–water partition coefficient (Wildman–Crippen LogP) is 1.56. The first-order valence-corrected chi connectivity index (χ1v) is 11.5. The van der Waals surface area contributed by atoms with Crippen LogP contribution in [0.25, 0.3) is 0 Å². The van der Waals surface area contributed by atoms with Gasteiger partial charge in [-0.1, -0.05) is 25.0 Å². The summed E-state index contributed by atoms with van der Waals surface area (Å²) in [5.41, 5.74) is 0.690. The lowest BCUT2D eigenvalue weighted by Gasteiger charge is -2.36. The van der Waals surface area contributed by atoms with E-state index in [1.165, 1.54) is 6.07 Å². The maximum absolute atomic E-state index is 10.9. The van der Waals surface area contributed by atoms with Crippen molar-refractivity contribution in [2.75, 3.05) is 57.7 Å². The molecule has 0 spiro atoms. The molecule has 0 unspecified atom stereocenters. The van der Waals surface area contributed by atoms with Gasteiger partial charge in [0.1, 0.15) is 5.69 Å². The standard InChI is InChI=1S/C18H29N3O4.C4H10N2/c22-14-15-13-16(23)9-12-20(15)11-6-2-1-5-10-19-17-7-3-4-8-18(17)21(24)25;1-2-6-4-3-5-1/h3-4,7-8,15-16,19,22-23H,1-2,5-6,9-14H2;5-6H,1-4H2/t15-,16+;/m0./s1. The summed E-state index contributed by atoms with van der Waals surface area (Å²) >= 11 is 0. The highest BCUT2D eigenvalue weighted by atomic mass is 16.6. The van der Waals surface area contributed by atoms with E-state index in [-0.39, 0.29) is 29.4 Å². The number of benzene rings is 1. The zero-order chi connectivity index (χ0) is 22.3. The van der Waals surface area contributed by atoms with Crippen LogP contribution in [0.2, 0.25) is 0 Å². The van der Waals surface area contributed by atoms with Crippen LogP contribution in [0.15, 0.2) is 24.3 Å². The fraction of sp³-hybridized carbons (Fsp3) is 0.727. The largest absolute Gasteiger partial charge is 0.395 e. The second-order valence-corrected chi connectivity index (χ2v) is 8.17. The summed E-state index contributed by atoms with van der Waals surface area (Å²) in [6.07, 6.45) is 5.36. The van der Waals surface area contributed by atoms with Crippen LogP contribution >= 0.6 is 0 Å². The molecule has 2 fully saturated rings. The number of hydrogen-bond acceptors (Lipinski definition) is 8. The van der Waals surface area contributed by atoms with E-state index >= 15 is 0 Å². The molecule has 2 atom stereocenters. The Balaban J connectivity index is 0.000000488. The molecule has 9 nitrogen and oxygen atoms in total. The molecule has 0 bridgehead atoms. The molecule has 5 N–H and O–H groups in total. The molecule has 2 saturated heterocycles. The third kappa shape index (κ3) is 9.92. The number of nitrogens with zero attached hydrogens (tertiary/aromatic N) is 2. The van der Waals surface area contributed by atoms with Crippen LogP contribution in [0.3, 0.4) is 0 Å². The lowest BCUT2D eigenvalue weighted by atomic mass is 9.99. The van der Waals surface area contributed by atoms with Gasteiger partial charge in [0.15, 0.2) is 0 Å². The summed E-state index contributed by atoms with van der Waals surface area (Å²) in [4.78, 5) is 12.9. The lowest BCUT2D eigenvalue weighted by Crippen LogP contribution is -2.46. The molecule has 176 valence electrons. The Morgan fingerprint density at radius 1 is 1.10 bits per heavy atom. The zero-order valence-corrected chi connectivity index (χ0v) is 18.5. The van der Waals surface area contributed by atoms with Crippen molar-refractivity contribution < 1.29 is 15.1 Å². The smallest absolute Gasteiger partial charge is 0.292 e. The topological polar surface area (TPSA) is 123 Å². The summed E-state index contributed by atoms with van der Waals surface area (Å²) < 4.78 is 0. The molecule has 9 heteroatoms. The number of likely N-dealkylation sites (tertiary alicyclic amines) is 1. The molecule has 0 aromatic heterocycles. The molecule has 3 rings (SSSR count). The number of unbranched alkanes of at least 4 members (excludes halogenated alkanes) is 3. The second kappa shape index (κ2) is 15.1. The van der Waals surface area contributed by atoms with Gasteiger partial charge in [0.25, 0.3) is 5.69 Å². The Hall–Kier alpha value is -1.78. The van der Waals surface area contributed by atoms with Gasteiger partial charge in [-0.05, 0) is 38.3 Å². The Bertz CT molecular complexity index is 618. The summed E-state index contributed by atoms with van der Waals surface area (Å²) in [6, 6.07) is 6.79. The average molecular weight is 438 g/mol. The van der Waals surface area contributed by atoms with E-state index in [1.807, 2.05) is 0 Å². The predicted molar refractivity (Wildman–Crippen MR) is 123 cm³/mol. The lowest BCUT2D eigenvalue weighted by molar-refractivity contribution is -0.384. The Labute approximate surface area is 185 Å². The molecule has 2 aliphatic heterocycles. The van der Waals surface area contributed by atoms with Crippen LogP contribution in [0.5, 0.6) is 0 Å². The minimum absolute atomic E-state index is 0.0871. The van der Waals surface area contributed by atoms with Crippen molar-refractivity contribution in [2.24, 2.45) is 0 Å². The summed E-state index contributed by atoms with van der Waals surface area (Å²) in [5, 5.41) is 39.6. The minimum Gasteiger partial charge on any atom is -0.395 e. The van der Waals surface area contributed by atoms with E-state index in [4.69, 9.17) is 0 Å². The first-order valence-electron chi connectivity index (χ1n) is 11.5. The molecule has 0 radical (unpaired) electrons. The number of nitrogens with one attached hydrogen (secondary N) is 3. The number of aliphatic hydroxyl groups excluding tert-OH is 2. The van der Waals surface area contributed by atoms with Gasteiger partial charge in [-0.15, -0.1) is 0 Å². The molecule has 1 aromatic rings. The molecule has 0 saturated carbocycles. The molecule has 2 heterocycles. The third-order valence-electron chi connectivity index (χ3n) is 5.77. The SMILES string of the molecule is C1CNCCN1.O=[N+]([O-])c1ccccc1NCCCCCCN1CC[C@@H](O)C[C@H]1CO. The zero-order valence-electron chi connectivity index (χ0n) is 18.5. The highest BCUT2D eigenvalue weighted by Crippen LogP contribution is 2.23. The van der Waals surface area contributed by atoms with Crippen molar-refractivity contribution in [1.82, 2.24) is 15.5 Å². The number of piperidine rings is 1. The Morgan fingerprint density at radius 2 is 1.77 bits per heavy atom. The van der Waals surface area contributed by atoms with Crippen LogP contribution < -0.4 is 16.0 Å². The number of para-hydroxylation sites is 2. The van der Waals surface area contributed by atoms with Crippen LogP contribution in [0.4, 0.5) is 11.4 Å². The van der Waals surface area contributed by atoms with E-state index in [1.54, 1.807) is 18.2 Å². The van der Waals surface area contributed by atoms with Crippen molar-refractivity contribution in [3.63, 3.8) is 0 Å². The van der Waals surface area contributed by atoms with Gasteiger partial charge in [0.05, 0.1) is 17.6 Å². The molecule has 31 heavy (non-hydrogen) atoms. The van der Waals surface area contributed by atoms with Crippen LogP contribution in [-0.4, -0.2) is 84.6 Å². The van der Waals surface area contributed by atoms with Crippen molar-refractivity contribution >= 4 is 11.4 Å². The van der Waals surface area contributed by atoms with Crippen molar-refractivity contribution in [1.29, 1.82) is 0 Å². The van der Waals surface area contributed by atoms with E-state index < -0.39 is 0 Å². The Kier molecular flexibility index (Phi) is 12.4. The number of nitro groups is 1. The van der Waals surface area contributed by atoms with Gasteiger partial charge in [0.2, 0.25) is 0 Å². The van der Waals surface area contributed by atoms with E-state index in [0.29, 0.717) is 12.1 Å². The monoisotopic (exact) mass is 437 g/mol. The van der Waals surface area contributed by atoms with E-state index in [9.17, 15) is 20.3 Å². The number of nitro benzene ring substituents is 1. The summed E-state index contributed by atoms with van der Waals surface area (Å²) in [6.45, 7) is 7.19. The average Bonchev–Trinajstić information content (AvgIpc) is 2.81. The van der Waals surface area contributed by atoms with Crippen LogP contribution in [0, 0.1) is 10.1 Å². The number of hydrogen-bond donors (Lipinski definition) is 5. The minimum atomic E-state index is -0.366.